The normalized spacial score (nSPS) is 18.6. The van der Waals surface area contributed by atoms with Gasteiger partial charge in [-0.05, 0) is 61.3 Å². The van der Waals surface area contributed by atoms with Gasteiger partial charge in [0.05, 0.1) is 29.3 Å². The zero-order valence-corrected chi connectivity index (χ0v) is 18.7. The van der Waals surface area contributed by atoms with Crippen molar-refractivity contribution in [3.8, 4) is 5.69 Å². The smallest absolute Gasteiger partial charge is 0.266 e. The number of carbonyl (C=O) groups is 1. The Balaban J connectivity index is 1.48. The number of amides is 1. The second-order valence-corrected chi connectivity index (χ2v) is 8.60. The Morgan fingerprint density at radius 3 is 2.81 bits per heavy atom. The Morgan fingerprint density at radius 1 is 1.25 bits per heavy atom. The lowest BCUT2D eigenvalue weighted by Crippen LogP contribution is -2.31. The summed E-state index contributed by atoms with van der Waals surface area (Å²) < 4.78 is 21.3. The number of benzene rings is 2. The number of carbonyl (C=O) groups excluding carboxylic acids is 1. The van der Waals surface area contributed by atoms with Crippen LogP contribution in [0.1, 0.15) is 43.0 Å². The maximum atomic E-state index is 14.2. The molecule has 1 aromatic heterocycles. The van der Waals surface area contributed by atoms with Gasteiger partial charge in [0.2, 0.25) is 0 Å². The summed E-state index contributed by atoms with van der Waals surface area (Å²) in [5.41, 5.74) is 0.454. The molecule has 0 saturated heterocycles. The van der Waals surface area contributed by atoms with Crippen LogP contribution in [0.2, 0.25) is 0 Å². The Labute approximate surface area is 190 Å². The van der Waals surface area contributed by atoms with Crippen molar-refractivity contribution in [3.05, 3.63) is 69.0 Å². The van der Waals surface area contributed by atoms with E-state index in [0.717, 1.165) is 11.0 Å². The number of fused-ring (bicyclic) bond motifs is 1. The standard InChI is InChI=1S/C24H26FN3O3S/c1-15-6-2-5-9-21(15)31-13-12-26-22(29)16-10-11-17-19(14-16)27-24(32)28(23(17)30)20-8-4-3-7-18(20)25/h3-4,7-8,10-11,14-15,21H,2,5-6,9,12-13H2,1H3,(H,26,29)(H,27,32). The predicted octanol–water partition coefficient (Wildman–Crippen LogP) is 4.51. The first-order valence-corrected chi connectivity index (χ1v) is 11.3. The van der Waals surface area contributed by atoms with Crippen LogP contribution in [-0.2, 0) is 4.74 Å². The van der Waals surface area contributed by atoms with Crippen LogP contribution in [0.3, 0.4) is 0 Å². The zero-order chi connectivity index (χ0) is 22.7. The minimum atomic E-state index is -0.547. The molecule has 1 fully saturated rings. The highest BCUT2D eigenvalue weighted by Gasteiger charge is 2.21. The zero-order valence-electron chi connectivity index (χ0n) is 17.9. The number of rotatable bonds is 6. The largest absolute Gasteiger partial charge is 0.376 e. The number of halogens is 1. The quantitative estimate of drug-likeness (QED) is 0.424. The maximum absolute atomic E-state index is 14.2. The average Bonchev–Trinajstić information content (AvgIpc) is 2.78. The third-order valence-electron chi connectivity index (χ3n) is 6.01. The molecule has 1 heterocycles. The van der Waals surface area contributed by atoms with E-state index in [1.807, 2.05) is 0 Å². The van der Waals surface area contributed by atoms with E-state index in [0.29, 0.717) is 35.5 Å². The molecule has 1 aliphatic carbocycles. The van der Waals surface area contributed by atoms with E-state index in [-0.39, 0.29) is 22.5 Å². The highest BCUT2D eigenvalue weighted by atomic mass is 32.1. The number of aromatic amines is 1. The Kier molecular flexibility index (Phi) is 6.81. The molecular weight excluding hydrogens is 429 g/mol. The molecule has 8 heteroatoms. The van der Waals surface area contributed by atoms with Gasteiger partial charge in [-0.2, -0.15) is 0 Å². The van der Waals surface area contributed by atoms with Gasteiger partial charge in [0.15, 0.2) is 4.77 Å². The van der Waals surface area contributed by atoms with Crippen molar-refractivity contribution in [2.45, 2.75) is 38.7 Å². The van der Waals surface area contributed by atoms with Crippen molar-refractivity contribution in [2.75, 3.05) is 13.2 Å². The molecular formula is C24H26FN3O3S. The van der Waals surface area contributed by atoms with Gasteiger partial charge in [-0.25, -0.2) is 8.96 Å². The van der Waals surface area contributed by atoms with Gasteiger partial charge in [0, 0.05) is 12.1 Å². The minimum absolute atomic E-state index is 0.0557. The van der Waals surface area contributed by atoms with Crippen molar-refractivity contribution in [1.29, 1.82) is 0 Å². The number of aromatic nitrogens is 2. The molecule has 2 unspecified atom stereocenters. The van der Waals surface area contributed by atoms with Crippen LogP contribution in [-0.4, -0.2) is 34.7 Å². The number of hydrogen-bond donors (Lipinski definition) is 2. The van der Waals surface area contributed by atoms with E-state index in [4.69, 9.17) is 17.0 Å². The molecule has 2 aromatic carbocycles. The van der Waals surface area contributed by atoms with Gasteiger partial charge in [-0.15, -0.1) is 0 Å². The molecule has 4 rings (SSSR count). The van der Waals surface area contributed by atoms with Crippen LogP contribution < -0.4 is 10.9 Å². The summed E-state index contributed by atoms with van der Waals surface area (Å²) >= 11 is 5.30. The first-order valence-electron chi connectivity index (χ1n) is 10.9. The second kappa shape index (κ2) is 9.75. The SMILES string of the molecule is CC1CCCCC1OCCNC(=O)c1ccc2c(=O)n(-c3ccccc3F)c(=S)[nH]c2c1. The lowest BCUT2D eigenvalue weighted by Gasteiger charge is -2.28. The number of nitrogens with zero attached hydrogens (tertiary/aromatic N) is 1. The van der Waals surface area contributed by atoms with Crippen molar-refractivity contribution in [3.63, 3.8) is 0 Å². The van der Waals surface area contributed by atoms with Gasteiger partial charge in [-0.3, -0.25) is 9.59 Å². The van der Waals surface area contributed by atoms with Gasteiger partial charge < -0.3 is 15.0 Å². The highest BCUT2D eigenvalue weighted by Crippen LogP contribution is 2.26. The van der Waals surface area contributed by atoms with Crippen molar-refractivity contribution >= 4 is 29.0 Å². The number of hydrogen-bond acceptors (Lipinski definition) is 4. The third-order valence-corrected chi connectivity index (χ3v) is 6.29. The molecule has 32 heavy (non-hydrogen) atoms. The van der Waals surface area contributed by atoms with Gasteiger partial charge in [0.1, 0.15) is 5.82 Å². The van der Waals surface area contributed by atoms with Crippen LogP contribution in [0, 0.1) is 16.5 Å². The molecule has 168 valence electrons. The van der Waals surface area contributed by atoms with Crippen molar-refractivity contribution in [1.82, 2.24) is 14.9 Å². The summed E-state index contributed by atoms with van der Waals surface area (Å²) in [6.07, 6.45) is 4.97. The lowest BCUT2D eigenvalue weighted by molar-refractivity contribution is -0.00293. The van der Waals surface area contributed by atoms with Gasteiger partial charge in [-0.1, -0.05) is 31.9 Å². The van der Waals surface area contributed by atoms with E-state index in [1.165, 1.54) is 31.4 Å². The fourth-order valence-corrected chi connectivity index (χ4v) is 4.51. The van der Waals surface area contributed by atoms with Gasteiger partial charge in [0.25, 0.3) is 11.5 Å². The van der Waals surface area contributed by atoms with Crippen molar-refractivity contribution in [2.24, 2.45) is 5.92 Å². The van der Waals surface area contributed by atoms with E-state index >= 15 is 0 Å². The van der Waals surface area contributed by atoms with Crippen LogP contribution in [0.25, 0.3) is 16.6 Å². The summed E-state index contributed by atoms with van der Waals surface area (Å²) in [5, 5.41) is 3.17. The number of para-hydroxylation sites is 1. The second-order valence-electron chi connectivity index (χ2n) is 8.21. The van der Waals surface area contributed by atoms with Crippen LogP contribution in [0.4, 0.5) is 4.39 Å². The Bertz CT molecular complexity index is 1250. The summed E-state index contributed by atoms with van der Waals surface area (Å²) in [4.78, 5) is 28.5. The van der Waals surface area contributed by atoms with E-state index < -0.39 is 11.4 Å². The first kappa shape index (κ1) is 22.4. The molecule has 6 nitrogen and oxygen atoms in total. The number of ether oxygens (including phenoxy) is 1. The first-order chi connectivity index (χ1) is 15.5. The average molecular weight is 456 g/mol. The maximum Gasteiger partial charge on any atom is 0.266 e. The molecule has 2 N–H and O–H groups in total. The fraction of sp³-hybridized carbons (Fsp3) is 0.375. The number of H-pyrrole nitrogens is 1. The molecule has 0 spiro atoms. The summed E-state index contributed by atoms with van der Waals surface area (Å²) in [6.45, 7) is 3.08. The Morgan fingerprint density at radius 2 is 2.03 bits per heavy atom. The Hall–Kier alpha value is -2.84. The molecule has 1 saturated carbocycles. The molecule has 0 aliphatic heterocycles. The van der Waals surface area contributed by atoms with Crippen molar-refractivity contribution < 1.29 is 13.9 Å². The van der Waals surface area contributed by atoms with Crippen LogP contribution >= 0.6 is 12.2 Å². The highest BCUT2D eigenvalue weighted by molar-refractivity contribution is 7.71. The molecule has 2 atom stereocenters. The summed E-state index contributed by atoms with van der Waals surface area (Å²) in [7, 11) is 0. The third kappa shape index (κ3) is 4.66. The summed E-state index contributed by atoms with van der Waals surface area (Å²) in [6, 6.07) is 10.6. The molecule has 1 aliphatic rings. The van der Waals surface area contributed by atoms with Crippen LogP contribution in [0.5, 0.6) is 0 Å². The lowest BCUT2D eigenvalue weighted by atomic mass is 9.88. The van der Waals surface area contributed by atoms with E-state index in [2.05, 4.69) is 17.2 Å². The molecule has 1 amide bonds. The predicted molar refractivity (Wildman–Crippen MR) is 124 cm³/mol. The molecule has 0 bridgehead atoms. The van der Waals surface area contributed by atoms with Crippen LogP contribution in [0.15, 0.2) is 47.3 Å². The van der Waals surface area contributed by atoms with Gasteiger partial charge >= 0.3 is 0 Å². The fourth-order valence-electron chi connectivity index (χ4n) is 4.22. The molecule has 3 aromatic rings. The topological polar surface area (TPSA) is 76.1 Å². The molecule has 0 radical (unpaired) electrons. The summed E-state index contributed by atoms with van der Waals surface area (Å²) in [5.74, 6) is -0.254. The monoisotopic (exact) mass is 455 g/mol. The van der Waals surface area contributed by atoms with E-state index in [1.54, 1.807) is 30.3 Å². The number of nitrogens with one attached hydrogen (secondary N) is 2. The van der Waals surface area contributed by atoms with E-state index in [9.17, 15) is 14.0 Å². The minimum Gasteiger partial charge on any atom is -0.376 e.